The third-order valence-corrected chi connectivity index (χ3v) is 3.57. The predicted molar refractivity (Wildman–Crippen MR) is 89.4 cm³/mol. The summed E-state index contributed by atoms with van der Waals surface area (Å²) in [6.45, 7) is 4.85. The molecule has 110 valence electrons. The minimum atomic E-state index is -0.144. The van der Waals surface area contributed by atoms with Crippen molar-refractivity contribution < 1.29 is 4.79 Å². The highest BCUT2D eigenvalue weighted by Gasteiger charge is 2.11. The average molecular weight is 303 g/mol. The number of hydrogen-bond donors (Lipinski definition) is 2. The Bertz CT molecular complexity index is 640. The first-order valence-corrected chi connectivity index (χ1v) is 7.40. The van der Waals surface area contributed by atoms with E-state index in [4.69, 9.17) is 11.6 Å². The van der Waals surface area contributed by atoms with Crippen molar-refractivity contribution in [1.82, 2.24) is 0 Å². The number of anilines is 2. The molecule has 0 radical (unpaired) electrons. The van der Waals surface area contributed by atoms with Crippen molar-refractivity contribution >= 4 is 28.9 Å². The number of nitrogens with one attached hydrogen (secondary N) is 2. The van der Waals surface area contributed by atoms with Gasteiger partial charge in [0.1, 0.15) is 0 Å². The molecular weight excluding hydrogens is 284 g/mol. The summed E-state index contributed by atoms with van der Waals surface area (Å²) < 4.78 is 0. The van der Waals surface area contributed by atoms with Crippen molar-refractivity contribution in [3.05, 3.63) is 58.6 Å². The van der Waals surface area contributed by atoms with E-state index < -0.39 is 0 Å². The van der Waals surface area contributed by atoms with E-state index in [0.717, 1.165) is 24.2 Å². The van der Waals surface area contributed by atoms with Crippen LogP contribution in [0.5, 0.6) is 0 Å². The fourth-order valence-corrected chi connectivity index (χ4v) is 2.14. The van der Waals surface area contributed by atoms with E-state index in [9.17, 15) is 4.79 Å². The molecule has 2 aromatic rings. The van der Waals surface area contributed by atoms with Gasteiger partial charge in [-0.25, -0.2) is 0 Å². The molecule has 0 heterocycles. The van der Waals surface area contributed by atoms with E-state index >= 15 is 0 Å². The van der Waals surface area contributed by atoms with E-state index in [0.29, 0.717) is 16.3 Å². The van der Waals surface area contributed by atoms with Gasteiger partial charge in [-0.2, -0.15) is 0 Å². The maximum Gasteiger partial charge on any atom is 0.257 e. The molecule has 2 N–H and O–H groups in total. The zero-order valence-electron chi connectivity index (χ0n) is 12.2. The Hall–Kier alpha value is -2.00. The number of carbonyl (C=O) groups is 1. The second-order valence-corrected chi connectivity index (χ2v) is 5.30. The smallest absolute Gasteiger partial charge is 0.257 e. The predicted octanol–water partition coefficient (Wildman–Crippen LogP) is 4.72. The van der Waals surface area contributed by atoms with Crippen LogP contribution in [0.1, 0.15) is 29.3 Å². The van der Waals surface area contributed by atoms with Crippen molar-refractivity contribution in [2.45, 2.75) is 20.3 Å². The van der Waals surface area contributed by atoms with Gasteiger partial charge in [-0.15, -0.1) is 0 Å². The highest BCUT2D eigenvalue weighted by Crippen LogP contribution is 2.22. The highest BCUT2D eigenvalue weighted by atomic mass is 35.5. The number of amides is 1. The molecule has 0 bridgehead atoms. The molecule has 0 aliphatic heterocycles. The van der Waals surface area contributed by atoms with Crippen LogP contribution in [0.3, 0.4) is 0 Å². The molecule has 2 aromatic carbocycles. The topological polar surface area (TPSA) is 41.1 Å². The zero-order valence-corrected chi connectivity index (χ0v) is 13.0. The summed E-state index contributed by atoms with van der Waals surface area (Å²) in [6, 6.07) is 13.0. The van der Waals surface area contributed by atoms with E-state index in [1.165, 1.54) is 0 Å². The molecule has 0 aromatic heterocycles. The van der Waals surface area contributed by atoms with Crippen LogP contribution in [0.15, 0.2) is 42.5 Å². The van der Waals surface area contributed by atoms with Gasteiger partial charge < -0.3 is 10.6 Å². The fraction of sp³-hybridized carbons (Fsp3) is 0.235. The summed E-state index contributed by atoms with van der Waals surface area (Å²) in [6.07, 6.45) is 1.00. The first-order chi connectivity index (χ1) is 10.1. The molecule has 1 amide bonds. The average Bonchev–Trinajstić information content (AvgIpc) is 2.49. The van der Waals surface area contributed by atoms with Crippen LogP contribution in [0.25, 0.3) is 0 Å². The lowest BCUT2D eigenvalue weighted by atomic mass is 10.1. The van der Waals surface area contributed by atoms with Crippen LogP contribution in [0.4, 0.5) is 11.4 Å². The number of hydrogen-bond acceptors (Lipinski definition) is 2. The summed E-state index contributed by atoms with van der Waals surface area (Å²) >= 11 is 6.08. The van der Waals surface area contributed by atoms with Crippen LogP contribution in [-0.2, 0) is 0 Å². The van der Waals surface area contributed by atoms with Crippen LogP contribution in [0, 0.1) is 6.92 Å². The highest BCUT2D eigenvalue weighted by molar-refractivity contribution is 6.31. The molecule has 21 heavy (non-hydrogen) atoms. The van der Waals surface area contributed by atoms with E-state index in [2.05, 4.69) is 17.6 Å². The summed E-state index contributed by atoms with van der Waals surface area (Å²) in [5.41, 5.74) is 3.15. The molecule has 2 rings (SSSR count). The Kier molecular flexibility index (Phi) is 5.23. The standard InChI is InChI=1S/C17H19ClN2O/c1-3-10-19-16-7-5-4-6-14(16)17(21)20-13-9-8-12(2)15(18)11-13/h4-9,11,19H,3,10H2,1-2H3,(H,20,21). The molecule has 3 nitrogen and oxygen atoms in total. The first-order valence-electron chi connectivity index (χ1n) is 7.02. The van der Waals surface area contributed by atoms with E-state index in [1.54, 1.807) is 6.07 Å². The van der Waals surface area contributed by atoms with Crippen molar-refractivity contribution in [1.29, 1.82) is 0 Å². The quantitative estimate of drug-likeness (QED) is 0.839. The third-order valence-electron chi connectivity index (χ3n) is 3.17. The molecular formula is C17H19ClN2O. The number of aryl methyl sites for hydroxylation is 1. The molecule has 0 aliphatic carbocycles. The maximum absolute atomic E-state index is 12.4. The fourth-order valence-electron chi connectivity index (χ4n) is 1.96. The normalized spacial score (nSPS) is 10.2. The van der Waals surface area contributed by atoms with Crippen LogP contribution < -0.4 is 10.6 Å². The van der Waals surface area contributed by atoms with Crippen molar-refractivity contribution in [3.8, 4) is 0 Å². The monoisotopic (exact) mass is 302 g/mol. The molecule has 0 unspecified atom stereocenters. The number of benzene rings is 2. The van der Waals surface area contributed by atoms with E-state index in [1.807, 2.05) is 43.3 Å². The Balaban J connectivity index is 2.18. The molecule has 0 saturated carbocycles. The van der Waals surface area contributed by atoms with Crippen molar-refractivity contribution in [2.24, 2.45) is 0 Å². The van der Waals surface area contributed by atoms with Gasteiger partial charge in [0.15, 0.2) is 0 Å². The van der Waals surface area contributed by atoms with Crippen molar-refractivity contribution in [2.75, 3.05) is 17.2 Å². The molecule has 0 aliphatic rings. The second-order valence-electron chi connectivity index (χ2n) is 4.89. The Morgan fingerprint density at radius 1 is 1.19 bits per heavy atom. The lowest BCUT2D eigenvalue weighted by Crippen LogP contribution is -2.15. The molecule has 4 heteroatoms. The van der Waals surface area contributed by atoms with E-state index in [-0.39, 0.29) is 5.91 Å². The second kappa shape index (κ2) is 7.14. The Morgan fingerprint density at radius 2 is 1.95 bits per heavy atom. The summed E-state index contributed by atoms with van der Waals surface area (Å²) in [7, 11) is 0. The van der Waals surface area contributed by atoms with Crippen LogP contribution in [0.2, 0.25) is 5.02 Å². The maximum atomic E-state index is 12.4. The van der Waals surface area contributed by atoms with Crippen LogP contribution >= 0.6 is 11.6 Å². The number of rotatable bonds is 5. The SMILES string of the molecule is CCCNc1ccccc1C(=O)Nc1ccc(C)c(Cl)c1. The Labute approximate surface area is 130 Å². The van der Waals surface area contributed by atoms with Gasteiger partial charge in [0.25, 0.3) is 5.91 Å². The van der Waals surface area contributed by atoms with Gasteiger partial charge >= 0.3 is 0 Å². The lowest BCUT2D eigenvalue weighted by molar-refractivity contribution is 0.102. The van der Waals surface area contributed by atoms with Gasteiger partial charge in [-0.05, 0) is 43.2 Å². The number of carbonyl (C=O) groups excluding carboxylic acids is 1. The van der Waals surface area contributed by atoms with Gasteiger partial charge in [0.05, 0.1) is 5.56 Å². The summed E-state index contributed by atoms with van der Waals surface area (Å²) in [5, 5.41) is 6.79. The zero-order chi connectivity index (χ0) is 15.2. The van der Waals surface area contributed by atoms with Gasteiger partial charge in [0.2, 0.25) is 0 Å². The molecule has 0 spiro atoms. The largest absolute Gasteiger partial charge is 0.384 e. The third kappa shape index (κ3) is 3.99. The minimum Gasteiger partial charge on any atom is -0.384 e. The van der Waals surface area contributed by atoms with Gasteiger partial charge in [-0.1, -0.05) is 36.7 Å². The summed E-state index contributed by atoms with van der Waals surface area (Å²) in [4.78, 5) is 12.4. The van der Waals surface area contributed by atoms with Crippen molar-refractivity contribution in [3.63, 3.8) is 0 Å². The number of para-hydroxylation sites is 1. The molecule has 0 saturated heterocycles. The Morgan fingerprint density at radius 3 is 2.67 bits per heavy atom. The van der Waals surface area contributed by atoms with Gasteiger partial charge in [-0.3, -0.25) is 4.79 Å². The number of halogens is 1. The van der Waals surface area contributed by atoms with Crippen LogP contribution in [-0.4, -0.2) is 12.5 Å². The molecule has 0 atom stereocenters. The summed E-state index contributed by atoms with van der Waals surface area (Å²) in [5.74, 6) is -0.144. The first kappa shape index (κ1) is 15.4. The molecule has 0 fully saturated rings. The lowest BCUT2D eigenvalue weighted by Gasteiger charge is -2.12. The minimum absolute atomic E-state index is 0.144. The van der Waals surface area contributed by atoms with Gasteiger partial charge in [0, 0.05) is 22.9 Å².